The van der Waals surface area contributed by atoms with Crippen molar-refractivity contribution in [2.24, 2.45) is 0 Å². The third-order valence-electron chi connectivity index (χ3n) is 7.39. The Kier molecular flexibility index (Phi) is 6.06. The average molecular weight is 518 g/mol. The normalized spacial score (nSPS) is 11.8. The highest BCUT2D eigenvalue weighted by Crippen LogP contribution is 2.46. The van der Waals surface area contributed by atoms with Crippen LogP contribution in [0, 0.1) is 20.8 Å². The van der Waals surface area contributed by atoms with E-state index in [-0.39, 0.29) is 0 Å². The van der Waals surface area contributed by atoms with E-state index in [4.69, 9.17) is 9.97 Å². The van der Waals surface area contributed by atoms with Gasteiger partial charge in [0.25, 0.3) is 0 Å². The molecule has 0 saturated heterocycles. The van der Waals surface area contributed by atoms with Crippen LogP contribution in [-0.4, -0.2) is 21.2 Å². The van der Waals surface area contributed by atoms with Crippen molar-refractivity contribution >= 4 is 45.8 Å². The number of rotatable bonds is 2. The van der Waals surface area contributed by atoms with Crippen LogP contribution in [0.3, 0.4) is 0 Å². The summed E-state index contributed by atoms with van der Waals surface area (Å²) in [6, 6.07) is 19.6. The number of thiophene rings is 1. The summed E-state index contributed by atoms with van der Waals surface area (Å²) in [7, 11) is 0. The number of nitrogens with zero attached hydrogens (tertiary/aromatic N) is 3. The monoisotopic (exact) mass is 517 g/mol. The van der Waals surface area contributed by atoms with Gasteiger partial charge in [-0.3, -0.25) is 15.0 Å². The fraction of sp³-hybridized carbons (Fsp3) is 0.156. The molecular weight excluding hydrogens is 491 g/mol. The fourth-order valence-corrected chi connectivity index (χ4v) is 6.69. The summed E-state index contributed by atoms with van der Waals surface area (Å²) in [5.74, 6) is 0. The summed E-state index contributed by atoms with van der Waals surface area (Å²) in [4.78, 5) is 17.0. The number of fused-ring (bicyclic) bond motifs is 6. The van der Waals surface area contributed by atoms with Gasteiger partial charge in [0.05, 0.1) is 16.7 Å². The van der Waals surface area contributed by atoms with Crippen LogP contribution in [0.1, 0.15) is 26.4 Å². The lowest BCUT2D eigenvalue weighted by Crippen LogP contribution is -1.92. The van der Waals surface area contributed by atoms with Crippen LogP contribution in [0.4, 0.5) is 0 Å². The summed E-state index contributed by atoms with van der Waals surface area (Å²) < 4.78 is 0. The Morgan fingerprint density at radius 1 is 0.703 bits per heavy atom. The minimum atomic E-state index is 0.948. The molecule has 7 rings (SSSR count). The first-order valence-electron chi connectivity index (χ1n) is 12.4. The summed E-state index contributed by atoms with van der Waals surface area (Å²) in [6.07, 6.45) is 8.36. The van der Waals surface area contributed by atoms with Gasteiger partial charge in [-0.2, -0.15) is 12.6 Å². The first-order valence-corrected chi connectivity index (χ1v) is 14.1. The van der Waals surface area contributed by atoms with Crippen molar-refractivity contribution in [1.29, 1.82) is 0 Å². The average Bonchev–Trinajstić information content (AvgIpc) is 3.44. The van der Waals surface area contributed by atoms with E-state index in [0.29, 0.717) is 0 Å². The molecule has 182 valence electrons. The molecule has 1 aliphatic rings. The molecule has 0 fully saturated rings. The van der Waals surface area contributed by atoms with Crippen LogP contribution >= 0.6 is 24.0 Å². The highest BCUT2D eigenvalue weighted by atomic mass is 32.1. The third-order valence-corrected chi connectivity index (χ3v) is 8.51. The highest BCUT2D eigenvalue weighted by Gasteiger charge is 2.26. The number of thiol groups is 1. The Hall–Kier alpha value is -3.54. The molecule has 0 N–H and O–H groups in total. The number of aromatic nitrogens is 3. The molecule has 0 atom stereocenters. The third kappa shape index (κ3) is 3.76. The molecule has 4 aromatic heterocycles. The molecule has 0 saturated carbocycles. The molecule has 0 spiro atoms. The maximum absolute atomic E-state index is 4.93. The van der Waals surface area contributed by atoms with Crippen molar-refractivity contribution in [3.05, 3.63) is 99.6 Å². The van der Waals surface area contributed by atoms with E-state index in [9.17, 15) is 0 Å². The van der Waals surface area contributed by atoms with E-state index in [1.807, 2.05) is 36.0 Å². The predicted octanol–water partition coefficient (Wildman–Crippen LogP) is 8.62. The minimum Gasteiger partial charge on any atom is -0.256 e. The maximum atomic E-state index is 4.93. The smallest absolute Gasteiger partial charge is 0.0970 e. The molecule has 0 bridgehead atoms. The van der Waals surface area contributed by atoms with Gasteiger partial charge in [0.1, 0.15) is 0 Å². The molecule has 6 aromatic rings. The van der Waals surface area contributed by atoms with Gasteiger partial charge in [-0.1, -0.05) is 30.3 Å². The maximum Gasteiger partial charge on any atom is 0.0970 e. The quantitative estimate of drug-likeness (QED) is 0.184. The molecule has 3 nitrogen and oxygen atoms in total. The zero-order valence-electron chi connectivity index (χ0n) is 21.3. The topological polar surface area (TPSA) is 38.7 Å². The van der Waals surface area contributed by atoms with Gasteiger partial charge in [0, 0.05) is 50.2 Å². The van der Waals surface area contributed by atoms with Crippen LogP contribution in [0.2, 0.25) is 0 Å². The first-order chi connectivity index (χ1) is 18.1. The molecule has 2 aromatic carbocycles. The van der Waals surface area contributed by atoms with Gasteiger partial charge in [0.15, 0.2) is 0 Å². The van der Waals surface area contributed by atoms with Crippen molar-refractivity contribution in [3.8, 4) is 33.5 Å². The Morgan fingerprint density at radius 2 is 1.51 bits per heavy atom. The minimum absolute atomic E-state index is 0.948. The molecule has 0 aliphatic heterocycles. The van der Waals surface area contributed by atoms with Crippen LogP contribution < -0.4 is 0 Å². The number of pyridine rings is 3. The van der Waals surface area contributed by atoms with Crippen molar-refractivity contribution < 1.29 is 0 Å². The van der Waals surface area contributed by atoms with Gasteiger partial charge in [-0.15, -0.1) is 11.3 Å². The van der Waals surface area contributed by atoms with Crippen LogP contribution in [-0.2, 0) is 6.42 Å². The summed E-state index contributed by atoms with van der Waals surface area (Å²) in [5.41, 5.74) is 13.4. The van der Waals surface area contributed by atoms with Crippen LogP contribution in [0.25, 0.3) is 55.3 Å². The van der Waals surface area contributed by atoms with E-state index >= 15 is 0 Å². The molecule has 0 amide bonds. The summed E-state index contributed by atoms with van der Waals surface area (Å²) in [6.45, 7) is 6.65. The molecule has 0 unspecified atom stereocenters. The van der Waals surface area contributed by atoms with Crippen molar-refractivity contribution in [3.63, 3.8) is 0 Å². The van der Waals surface area contributed by atoms with E-state index in [1.54, 1.807) is 6.26 Å². The summed E-state index contributed by atoms with van der Waals surface area (Å²) >= 11 is 5.39. The van der Waals surface area contributed by atoms with Crippen molar-refractivity contribution in [2.45, 2.75) is 27.2 Å². The van der Waals surface area contributed by atoms with Crippen molar-refractivity contribution in [1.82, 2.24) is 15.0 Å². The largest absolute Gasteiger partial charge is 0.256 e. The second kappa shape index (κ2) is 9.40. The van der Waals surface area contributed by atoms with Crippen LogP contribution in [0.5, 0.6) is 0 Å². The molecule has 37 heavy (non-hydrogen) atoms. The second-order valence-electron chi connectivity index (χ2n) is 9.35. The van der Waals surface area contributed by atoms with Gasteiger partial charge in [0.2, 0.25) is 0 Å². The van der Waals surface area contributed by atoms with E-state index < -0.39 is 0 Å². The van der Waals surface area contributed by atoms with Crippen LogP contribution in [0.15, 0.2) is 73.2 Å². The Balaban J connectivity index is 0.00000123. The zero-order chi connectivity index (χ0) is 25.7. The fourth-order valence-electron chi connectivity index (χ4n) is 5.62. The second-order valence-corrected chi connectivity index (χ2v) is 10.8. The van der Waals surface area contributed by atoms with Gasteiger partial charge in [-0.25, -0.2) is 0 Å². The Bertz CT molecular complexity index is 1820. The Labute approximate surface area is 226 Å². The lowest BCUT2D eigenvalue weighted by molar-refractivity contribution is 1.23. The zero-order valence-corrected chi connectivity index (χ0v) is 23.0. The molecule has 1 aliphatic carbocycles. The van der Waals surface area contributed by atoms with Gasteiger partial charge < -0.3 is 0 Å². The van der Waals surface area contributed by atoms with Gasteiger partial charge in [-0.05, 0) is 91.1 Å². The van der Waals surface area contributed by atoms with Gasteiger partial charge >= 0.3 is 0 Å². The lowest BCUT2D eigenvalue weighted by atomic mass is 9.93. The number of benzene rings is 2. The molecular formula is C32H27N3S2. The SMILES string of the molecule is CS.Cc1sc(C)c(-c2nccc3c2-c2cc(-c4ccnc5c4ccc4cccnc45)ccc2C3)c1C. The molecule has 4 heterocycles. The number of aryl methyl sites for hydroxylation is 2. The molecule has 0 radical (unpaired) electrons. The highest BCUT2D eigenvalue weighted by molar-refractivity contribution is 7.79. The lowest BCUT2D eigenvalue weighted by Gasteiger charge is -2.13. The predicted molar refractivity (Wildman–Crippen MR) is 161 cm³/mol. The van der Waals surface area contributed by atoms with E-state index in [2.05, 4.69) is 86.9 Å². The standard InChI is InChI=1S/C31H23N3S.CH4S/c1-17-18(2)35-19(3)27(17)31-28-23(10-13-34-31)15-21-6-7-22(16-26(21)28)24-11-14-33-30-25(24)9-8-20-5-4-12-32-29(20)30;1-2/h4-14,16H,15H2,1-3H3;2H,1H3. The first kappa shape index (κ1) is 23.8. The number of hydrogen-bond acceptors (Lipinski definition) is 5. The Morgan fingerprint density at radius 3 is 2.32 bits per heavy atom. The number of hydrogen-bond donors (Lipinski definition) is 1. The van der Waals surface area contributed by atoms with E-state index in [1.165, 1.54) is 54.3 Å². The van der Waals surface area contributed by atoms with Crippen molar-refractivity contribution in [2.75, 3.05) is 6.26 Å². The summed E-state index contributed by atoms with van der Waals surface area (Å²) in [5, 5.41) is 2.24. The molecule has 5 heteroatoms. The van der Waals surface area contributed by atoms with E-state index in [0.717, 1.165) is 33.9 Å².